The Labute approximate surface area is 196 Å². The Morgan fingerprint density at radius 3 is 2.00 bits per heavy atom. The maximum Gasteiger partial charge on any atom is 0.471 e. The molecule has 0 fully saturated rings. The van der Waals surface area contributed by atoms with E-state index in [9.17, 15) is 27.9 Å². The number of carbonyl (C=O) groups excluding carboxylic acids is 2. The quantitative estimate of drug-likeness (QED) is 0.477. The largest absolute Gasteiger partial charge is 0.471 e. The van der Waals surface area contributed by atoms with Gasteiger partial charge in [-0.3, -0.25) is 10.2 Å². The molecule has 0 spiro atoms. The van der Waals surface area contributed by atoms with Gasteiger partial charge in [-0.1, -0.05) is 60.7 Å². The molecule has 2 unspecified atom stereocenters. The van der Waals surface area contributed by atoms with Crippen molar-refractivity contribution in [2.24, 2.45) is 0 Å². The first-order valence-corrected chi connectivity index (χ1v) is 10.7. The number of nitrogens with one attached hydrogen (secondary N) is 2. The minimum atomic E-state index is -5.10. The number of hydrogen-bond acceptors (Lipinski definition) is 5. The highest BCUT2D eigenvalue weighted by atomic mass is 19.4. The van der Waals surface area contributed by atoms with E-state index < -0.39 is 35.9 Å². The van der Waals surface area contributed by atoms with Crippen LogP contribution in [0, 0.1) is 0 Å². The van der Waals surface area contributed by atoms with Crippen LogP contribution in [0.5, 0.6) is 0 Å². The molecule has 0 saturated heterocycles. The zero-order valence-corrected chi connectivity index (χ0v) is 19.3. The highest BCUT2D eigenvalue weighted by Crippen LogP contribution is 2.17. The van der Waals surface area contributed by atoms with Crippen molar-refractivity contribution in [3.63, 3.8) is 0 Å². The highest BCUT2D eigenvalue weighted by Gasteiger charge is 2.41. The molecule has 2 atom stereocenters. The first kappa shape index (κ1) is 27.1. The number of amides is 2. The SMILES string of the molecule is CC(C)(C)OC(=O)NN(Cc1ccccc1)CC(O)C(Cc1ccccc1)NC(=O)C(F)(F)F. The van der Waals surface area contributed by atoms with Crippen LogP contribution >= 0.6 is 0 Å². The van der Waals surface area contributed by atoms with Crippen LogP contribution in [0.3, 0.4) is 0 Å². The van der Waals surface area contributed by atoms with Gasteiger partial charge < -0.3 is 15.2 Å². The molecule has 2 aromatic rings. The molecule has 10 heteroatoms. The van der Waals surface area contributed by atoms with Crippen molar-refractivity contribution >= 4 is 12.0 Å². The van der Waals surface area contributed by atoms with E-state index in [2.05, 4.69) is 5.43 Å². The summed E-state index contributed by atoms with van der Waals surface area (Å²) in [6.45, 7) is 4.93. The lowest BCUT2D eigenvalue weighted by atomic mass is 10.0. The summed E-state index contributed by atoms with van der Waals surface area (Å²) in [5, 5.41) is 14.1. The summed E-state index contributed by atoms with van der Waals surface area (Å²) < 4.78 is 44.0. The standard InChI is InChI=1S/C24H30F3N3O4/c1-23(2,3)34-22(33)29-30(15-18-12-8-5-9-13-18)16-20(31)19(28-21(32)24(25,26)27)14-17-10-6-4-7-11-17/h4-13,19-20,31H,14-16H2,1-3H3,(H,28,32)(H,29,33). The van der Waals surface area contributed by atoms with Crippen LogP contribution in [-0.4, -0.2) is 52.6 Å². The minimum absolute atomic E-state index is 0.0462. The monoisotopic (exact) mass is 481 g/mol. The van der Waals surface area contributed by atoms with E-state index in [1.165, 1.54) is 5.01 Å². The first-order valence-electron chi connectivity index (χ1n) is 10.7. The fourth-order valence-corrected chi connectivity index (χ4v) is 3.14. The Morgan fingerprint density at radius 1 is 0.971 bits per heavy atom. The molecule has 0 radical (unpaired) electrons. The fourth-order valence-electron chi connectivity index (χ4n) is 3.14. The zero-order valence-electron chi connectivity index (χ0n) is 19.3. The predicted octanol–water partition coefficient (Wildman–Crippen LogP) is 3.58. The van der Waals surface area contributed by atoms with Crippen molar-refractivity contribution in [1.29, 1.82) is 0 Å². The van der Waals surface area contributed by atoms with Gasteiger partial charge in [-0.25, -0.2) is 9.80 Å². The Kier molecular flexibility index (Phi) is 9.46. The van der Waals surface area contributed by atoms with Gasteiger partial charge in [-0.15, -0.1) is 0 Å². The second-order valence-electron chi connectivity index (χ2n) is 8.81. The number of hydrogen-bond donors (Lipinski definition) is 3. The zero-order chi connectivity index (χ0) is 25.4. The normalized spacial score (nSPS) is 13.8. The average molecular weight is 482 g/mol. The van der Waals surface area contributed by atoms with Gasteiger partial charge in [-0.05, 0) is 38.3 Å². The van der Waals surface area contributed by atoms with E-state index in [0.29, 0.717) is 5.56 Å². The third-order valence-corrected chi connectivity index (χ3v) is 4.61. The van der Waals surface area contributed by atoms with Crippen molar-refractivity contribution in [1.82, 2.24) is 15.8 Å². The second-order valence-corrected chi connectivity index (χ2v) is 8.81. The first-order chi connectivity index (χ1) is 15.8. The number of rotatable bonds is 9. The van der Waals surface area contributed by atoms with Gasteiger partial charge >= 0.3 is 18.2 Å². The Hall–Kier alpha value is -3.11. The number of ether oxygens (including phenoxy) is 1. The Bertz CT molecular complexity index is 919. The topological polar surface area (TPSA) is 90.9 Å². The van der Waals surface area contributed by atoms with Gasteiger partial charge in [-0.2, -0.15) is 13.2 Å². The van der Waals surface area contributed by atoms with Crippen molar-refractivity contribution < 1.29 is 32.6 Å². The van der Waals surface area contributed by atoms with Crippen LogP contribution in [0.2, 0.25) is 0 Å². The Balaban J connectivity index is 2.21. The lowest BCUT2D eigenvalue weighted by molar-refractivity contribution is -0.175. The molecule has 0 saturated carbocycles. The van der Waals surface area contributed by atoms with Crippen LogP contribution in [0.15, 0.2) is 60.7 Å². The molecule has 0 aliphatic heterocycles. The summed E-state index contributed by atoms with van der Waals surface area (Å²) in [4.78, 5) is 24.0. The van der Waals surface area contributed by atoms with Gasteiger partial charge in [0.2, 0.25) is 0 Å². The molecule has 2 amide bonds. The third kappa shape index (κ3) is 9.80. The molecule has 0 heterocycles. The summed E-state index contributed by atoms with van der Waals surface area (Å²) >= 11 is 0. The smallest absolute Gasteiger partial charge is 0.443 e. The molecule has 186 valence electrons. The van der Waals surface area contributed by atoms with E-state index in [0.717, 1.165) is 5.56 Å². The molecule has 0 bridgehead atoms. The molecule has 34 heavy (non-hydrogen) atoms. The van der Waals surface area contributed by atoms with Crippen molar-refractivity contribution in [3.05, 3.63) is 71.8 Å². The number of benzene rings is 2. The van der Waals surface area contributed by atoms with Crippen LogP contribution in [-0.2, 0) is 22.5 Å². The van der Waals surface area contributed by atoms with E-state index in [1.807, 2.05) is 11.4 Å². The van der Waals surface area contributed by atoms with Crippen molar-refractivity contribution in [2.75, 3.05) is 6.54 Å². The number of carbonyl (C=O) groups is 2. The minimum Gasteiger partial charge on any atom is -0.443 e. The summed E-state index contributed by atoms with van der Waals surface area (Å²) in [6.07, 6.45) is -7.39. The lowest BCUT2D eigenvalue weighted by Gasteiger charge is -2.31. The summed E-state index contributed by atoms with van der Waals surface area (Å²) in [7, 11) is 0. The molecule has 7 nitrogen and oxygen atoms in total. The van der Waals surface area contributed by atoms with Gasteiger partial charge in [0.05, 0.1) is 12.1 Å². The van der Waals surface area contributed by atoms with Gasteiger partial charge in [0.1, 0.15) is 5.60 Å². The van der Waals surface area contributed by atoms with Crippen LogP contribution in [0.25, 0.3) is 0 Å². The molecule has 2 aromatic carbocycles. The average Bonchev–Trinajstić information content (AvgIpc) is 2.72. The molecular formula is C24H30F3N3O4. The summed E-state index contributed by atoms with van der Waals surface area (Å²) in [5.41, 5.74) is 3.16. The maximum atomic E-state index is 12.9. The summed E-state index contributed by atoms with van der Waals surface area (Å²) in [5.74, 6) is -2.15. The van der Waals surface area contributed by atoms with E-state index in [-0.39, 0.29) is 19.5 Å². The maximum absolute atomic E-state index is 12.9. The van der Waals surface area contributed by atoms with Crippen molar-refractivity contribution in [2.45, 2.75) is 57.7 Å². The second kappa shape index (κ2) is 11.8. The number of halogens is 3. The fraction of sp³-hybridized carbons (Fsp3) is 0.417. The molecule has 0 aliphatic rings. The predicted molar refractivity (Wildman–Crippen MR) is 120 cm³/mol. The number of alkyl halides is 3. The molecular weight excluding hydrogens is 451 g/mol. The lowest BCUT2D eigenvalue weighted by Crippen LogP contribution is -2.55. The number of aliphatic hydroxyl groups excluding tert-OH is 1. The molecule has 2 rings (SSSR count). The highest BCUT2D eigenvalue weighted by molar-refractivity contribution is 5.82. The number of aliphatic hydroxyl groups is 1. The third-order valence-electron chi connectivity index (χ3n) is 4.61. The van der Waals surface area contributed by atoms with Crippen molar-refractivity contribution in [3.8, 4) is 0 Å². The Morgan fingerprint density at radius 2 is 1.50 bits per heavy atom. The van der Waals surface area contributed by atoms with E-state index >= 15 is 0 Å². The molecule has 3 N–H and O–H groups in total. The van der Waals surface area contributed by atoms with Crippen LogP contribution in [0.4, 0.5) is 18.0 Å². The van der Waals surface area contributed by atoms with E-state index in [1.54, 1.807) is 75.4 Å². The number of hydrazine groups is 1. The molecule has 0 aromatic heterocycles. The molecule has 0 aliphatic carbocycles. The summed E-state index contributed by atoms with van der Waals surface area (Å²) in [6, 6.07) is 16.2. The van der Waals surface area contributed by atoms with Gasteiger partial charge in [0.15, 0.2) is 0 Å². The number of nitrogens with zero attached hydrogens (tertiary/aromatic N) is 1. The van der Waals surface area contributed by atoms with E-state index in [4.69, 9.17) is 4.74 Å². The van der Waals surface area contributed by atoms with Gasteiger partial charge in [0, 0.05) is 13.1 Å². The van der Waals surface area contributed by atoms with Crippen LogP contribution < -0.4 is 10.7 Å². The van der Waals surface area contributed by atoms with Crippen LogP contribution in [0.1, 0.15) is 31.9 Å². The van der Waals surface area contributed by atoms with Gasteiger partial charge in [0.25, 0.3) is 0 Å².